The molecule has 0 bridgehead atoms. The molecule has 25 heavy (non-hydrogen) atoms. The lowest BCUT2D eigenvalue weighted by Crippen LogP contribution is -2.15. The Morgan fingerprint density at radius 3 is 2.84 bits per heavy atom. The average molecular weight is 330 g/mol. The molecule has 3 rings (SSSR count). The van der Waals surface area contributed by atoms with Gasteiger partial charge in [0.25, 0.3) is 0 Å². The monoisotopic (exact) mass is 330 g/mol. The van der Waals surface area contributed by atoms with E-state index in [0.717, 1.165) is 0 Å². The summed E-state index contributed by atoms with van der Waals surface area (Å²) in [6.07, 6.45) is 2.94. The molecule has 0 spiro atoms. The largest absolute Gasteiger partial charge is 0.455 e. The van der Waals surface area contributed by atoms with E-state index in [2.05, 4.69) is 11.1 Å². The highest BCUT2D eigenvalue weighted by molar-refractivity contribution is 5.82. The van der Waals surface area contributed by atoms with Crippen LogP contribution < -0.4 is 10.4 Å². The van der Waals surface area contributed by atoms with Crippen LogP contribution in [-0.4, -0.2) is 9.55 Å². The summed E-state index contributed by atoms with van der Waals surface area (Å²) in [7, 11) is 0. The molecular weight excluding hydrogens is 316 g/mol. The average Bonchev–Trinajstić information content (AvgIpc) is 2.95. The number of hydrogen-bond acceptors (Lipinski definition) is 4. The Labute approximate surface area is 143 Å². The van der Waals surface area contributed by atoms with E-state index < -0.39 is 0 Å². The fourth-order valence-corrected chi connectivity index (χ4v) is 2.67. The summed E-state index contributed by atoms with van der Waals surface area (Å²) in [6.45, 7) is 2.39. The maximum absolute atomic E-state index is 12.0. The maximum atomic E-state index is 12.0. The highest BCUT2D eigenvalue weighted by atomic mass is 16.5. The Morgan fingerprint density at radius 1 is 1.28 bits per heavy atom. The molecule has 0 aliphatic rings. The summed E-state index contributed by atoms with van der Waals surface area (Å²) in [5.74, 6) is 0.975. The zero-order chi connectivity index (χ0) is 17.8. The summed E-state index contributed by atoms with van der Waals surface area (Å²) >= 11 is 0. The molecule has 0 aliphatic carbocycles. The van der Waals surface area contributed by atoms with Crippen molar-refractivity contribution < 1.29 is 4.74 Å². The van der Waals surface area contributed by atoms with E-state index in [0.29, 0.717) is 40.2 Å². The van der Waals surface area contributed by atoms with Gasteiger partial charge in [0, 0.05) is 12.6 Å². The number of nitrogens with zero attached hydrogens (tertiary/aromatic N) is 3. The smallest absolute Gasteiger partial charge is 0.326 e. The molecule has 6 nitrogen and oxygen atoms in total. The number of fused-ring (bicyclic) bond motifs is 1. The Balaban J connectivity index is 2.10. The lowest BCUT2D eigenvalue weighted by atomic mass is 10.1. The number of imidazole rings is 1. The molecule has 0 amide bonds. The first-order valence-corrected chi connectivity index (χ1v) is 7.67. The van der Waals surface area contributed by atoms with Crippen LogP contribution in [0.15, 0.2) is 47.3 Å². The van der Waals surface area contributed by atoms with Crippen LogP contribution in [0.1, 0.15) is 18.1 Å². The second-order valence-corrected chi connectivity index (χ2v) is 5.29. The molecule has 3 aromatic rings. The molecule has 6 heteroatoms. The lowest BCUT2D eigenvalue weighted by Gasteiger charge is -2.10. The minimum absolute atomic E-state index is 0.197. The van der Waals surface area contributed by atoms with Crippen molar-refractivity contribution >= 4 is 17.1 Å². The summed E-state index contributed by atoms with van der Waals surface area (Å²) in [5.41, 5.74) is 2.27. The standard InChI is InChI=1S/C19H14N4O2/c1-2-23-18-16(22-19(23)24)6-3-7-17(18)25-15-10-13(5-4-8-20)9-14(11-15)12-21/h3-7,9-11H,2H2,1H3,(H,22,24)/b5-4+. The van der Waals surface area contributed by atoms with Gasteiger partial charge in [0.15, 0.2) is 5.75 Å². The number of hydrogen-bond donors (Lipinski definition) is 1. The molecule has 0 aliphatic heterocycles. The third-order valence-corrected chi connectivity index (χ3v) is 3.71. The number of aromatic amines is 1. The zero-order valence-corrected chi connectivity index (χ0v) is 13.5. The second kappa shape index (κ2) is 6.77. The molecule has 122 valence electrons. The number of nitriles is 2. The topological polar surface area (TPSA) is 94.6 Å². The first kappa shape index (κ1) is 16.1. The van der Waals surface area contributed by atoms with E-state index in [1.165, 1.54) is 6.08 Å². The van der Waals surface area contributed by atoms with Gasteiger partial charge < -0.3 is 9.72 Å². The molecule has 0 unspecified atom stereocenters. The molecule has 2 aromatic carbocycles. The fraction of sp³-hybridized carbons (Fsp3) is 0.105. The van der Waals surface area contributed by atoms with Gasteiger partial charge >= 0.3 is 5.69 Å². The summed E-state index contributed by atoms with van der Waals surface area (Å²) in [4.78, 5) is 14.8. The van der Waals surface area contributed by atoms with Crippen molar-refractivity contribution in [3.63, 3.8) is 0 Å². The van der Waals surface area contributed by atoms with Crippen molar-refractivity contribution in [3.8, 4) is 23.6 Å². The number of ether oxygens (including phenoxy) is 1. The van der Waals surface area contributed by atoms with Gasteiger partial charge in [-0.3, -0.25) is 4.57 Å². The van der Waals surface area contributed by atoms with Gasteiger partial charge in [0.05, 0.1) is 23.2 Å². The van der Waals surface area contributed by atoms with Crippen LogP contribution in [0, 0.1) is 22.7 Å². The summed E-state index contributed by atoms with van der Waals surface area (Å²) in [6, 6.07) is 14.4. The van der Waals surface area contributed by atoms with E-state index in [1.807, 2.05) is 19.1 Å². The lowest BCUT2D eigenvalue weighted by molar-refractivity contribution is 0.484. The normalized spacial score (nSPS) is 10.7. The fourth-order valence-electron chi connectivity index (χ4n) is 2.67. The van der Waals surface area contributed by atoms with Gasteiger partial charge in [-0.15, -0.1) is 0 Å². The van der Waals surface area contributed by atoms with Crippen LogP contribution in [0.25, 0.3) is 17.1 Å². The number of rotatable bonds is 4. The van der Waals surface area contributed by atoms with Gasteiger partial charge in [-0.25, -0.2) is 4.79 Å². The van der Waals surface area contributed by atoms with E-state index in [1.54, 1.807) is 41.0 Å². The first-order valence-electron chi connectivity index (χ1n) is 7.67. The van der Waals surface area contributed by atoms with Crippen molar-refractivity contribution in [3.05, 3.63) is 64.1 Å². The van der Waals surface area contributed by atoms with Crippen molar-refractivity contribution in [2.75, 3.05) is 0 Å². The quantitative estimate of drug-likeness (QED) is 0.740. The molecule has 0 saturated carbocycles. The Kier molecular flexibility index (Phi) is 4.36. The Bertz CT molecular complexity index is 1110. The van der Waals surface area contributed by atoms with Gasteiger partial charge in [-0.05, 0) is 48.9 Å². The number of aromatic nitrogens is 2. The first-order chi connectivity index (χ1) is 12.2. The highest BCUT2D eigenvalue weighted by Gasteiger charge is 2.12. The van der Waals surface area contributed by atoms with Gasteiger partial charge in [-0.2, -0.15) is 10.5 Å². The SMILES string of the molecule is CCn1c(=O)[nH]c2cccc(Oc3cc(C#N)cc(/C=C/C#N)c3)c21. The molecule has 0 atom stereocenters. The van der Waals surface area contributed by atoms with Crippen molar-refractivity contribution in [2.45, 2.75) is 13.5 Å². The minimum Gasteiger partial charge on any atom is -0.455 e. The molecule has 1 aromatic heterocycles. The maximum Gasteiger partial charge on any atom is 0.326 e. The van der Waals surface area contributed by atoms with Gasteiger partial charge in [0.2, 0.25) is 0 Å². The molecule has 0 saturated heterocycles. The van der Waals surface area contributed by atoms with Crippen LogP contribution in [0.2, 0.25) is 0 Å². The van der Waals surface area contributed by atoms with E-state index in [9.17, 15) is 10.1 Å². The van der Waals surface area contributed by atoms with Crippen LogP contribution in [0.3, 0.4) is 0 Å². The highest BCUT2D eigenvalue weighted by Crippen LogP contribution is 2.30. The number of para-hydroxylation sites is 1. The Hall–Kier alpha value is -3.77. The summed E-state index contributed by atoms with van der Waals surface area (Å²) in [5, 5.41) is 17.9. The van der Waals surface area contributed by atoms with Gasteiger partial charge in [0.1, 0.15) is 11.3 Å². The van der Waals surface area contributed by atoms with Crippen LogP contribution >= 0.6 is 0 Å². The molecule has 1 heterocycles. The van der Waals surface area contributed by atoms with Crippen molar-refractivity contribution in [2.24, 2.45) is 0 Å². The number of H-pyrrole nitrogens is 1. The molecular formula is C19H14N4O2. The molecule has 0 radical (unpaired) electrons. The van der Waals surface area contributed by atoms with Gasteiger partial charge in [-0.1, -0.05) is 6.07 Å². The van der Waals surface area contributed by atoms with E-state index in [4.69, 9.17) is 10.00 Å². The predicted molar refractivity (Wildman–Crippen MR) is 94.1 cm³/mol. The third-order valence-electron chi connectivity index (χ3n) is 3.71. The molecule has 0 fully saturated rings. The summed E-state index contributed by atoms with van der Waals surface area (Å²) < 4.78 is 7.56. The third kappa shape index (κ3) is 3.15. The van der Waals surface area contributed by atoms with E-state index in [-0.39, 0.29) is 5.69 Å². The zero-order valence-electron chi connectivity index (χ0n) is 13.5. The Morgan fingerprint density at radius 2 is 2.12 bits per heavy atom. The van der Waals surface area contributed by atoms with Crippen molar-refractivity contribution in [1.29, 1.82) is 10.5 Å². The minimum atomic E-state index is -0.197. The van der Waals surface area contributed by atoms with Crippen LogP contribution in [0.4, 0.5) is 0 Å². The number of aryl methyl sites for hydroxylation is 1. The second-order valence-electron chi connectivity index (χ2n) is 5.29. The van der Waals surface area contributed by atoms with Crippen molar-refractivity contribution in [1.82, 2.24) is 9.55 Å². The van der Waals surface area contributed by atoms with Crippen LogP contribution in [0.5, 0.6) is 11.5 Å². The molecule has 1 N–H and O–H groups in total. The number of nitrogens with one attached hydrogen (secondary N) is 1. The predicted octanol–water partition coefficient (Wildman–Crippen LogP) is 3.55. The van der Waals surface area contributed by atoms with Crippen LogP contribution in [-0.2, 0) is 6.54 Å². The van der Waals surface area contributed by atoms with E-state index >= 15 is 0 Å². The number of benzene rings is 2. The number of allylic oxidation sites excluding steroid dienone is 1.